The molecule has 0 aliphatic carbocycles. The van der Waals surface area contributed by atoms with Gasteiger partial charge in [-0.1, -0.05) is 0 Å². The number of carboxylic acids is 1. The molecule has 0 atom stereocenters. The average Bonchev–Trinajstić information content (AvgIpc) is 2.62. The molecule has 0 saturated carbocycles. The van der Waals surface area contributed by atoms with Gasteiger partial charge in [-0.25, -0.2) is 4.79 Å². The van der Waals surface area contributed by atoms with Gasteiger partial charge in [-0.2, -0.15) is 0 Å². The van der Waals surface area contributed by atoms with Crippen LogP contribution in [-0.2, 0) is 4.79 Å². The van der Waals surface area contributed by atoms with Gasteiger partial charge in [0.05, 0.1) is 10.2 Å². The van der Waals surface area contributed by atoms with E-state index in [2.05, 4.69) is 4.98 Å². The van der Waals surface area contributed by atoms with Crippen molar-refractivity contribution in [1.82, 2.24) is 4.98 Å². The first-order valence-corrected chi connectivity index (χ1v) is 4.82. The number of aromatic nitrogens is 1. The second kappa shape index (κ2) is 3.63. The lowest BCUT2D eigenvalue weighted by Gasteiger charge is -2.02. The molecule has 0 fully saturated rings. The predicted octanol–water partition coefficient (Wildman–Crippen LogP) is 1.76. The topological polar surface area (TPSA) is 59.4 Å². The Labute approximate surface area is 83.8 Å². The van der Waals surface area contributed by atoms with Crippen molar-refractivity contribution in [1.29, 1.82) is 0 Å². The number of hydrogen-bond acceptors (Lipinski definition) is 4. The summed E-state index contributed by atoms with van der Waals surface area (Å²) in [7, 11) is 0. The Kier molecular flexibility index (Phi) is 2.32. The van der Waals surface area contributed by atoms with Crippen LogP contribution in [0.2, 0.25) is 0 Å². The lowest BCUT2D eigenvalue weighted by Crippen LogP contribution is -2.09. The van der Waals surface area contributed by atoms with E-state index in [0.717, 1.165) is 10.2 Å². The third kappa shape index (κ3) is 1.67. The molecule has 0 aliphatic rings. The van der Waals surface area contributed by atoms with Crippen LogP contribution in [0.3, 0.4) is 0 Å². The van der Waals surface area contributed by atoms with Crippen LogP contribution in [0.5, 0.6) is 5.75 Å². The van der Waals surface area contributed by atoms with Crippen LogP contribution in [0.25, 0.3) is 10.2 Å². The first-order chi connectivity index (χ1) is 6.77. The minimum absolute atomic E-state index is 0.322. The van der Waals surface area contributed by atoms with Gasteiger partial charge >= 0.3 is 5.97 Å². The fraction of sp³-hybridized carbons (Fsp3) is 0.111. The summed E-state index contributed by atoms with van der Waals surface area (Å²) >= 11 is 1.49. The highest BCUT2D eigenvalue weighted by Gasteiger charge is 2.05. The Morgan fingerprint density at radius 3 is 3.21 bits per heavy atom. The molecule has 0 saturated heterocycles. The molecule has 0 bridgehead atoms. The van der Waals surface area contributed by atoms with Gasteiger partial charge in [0.2, 0.25) is 0 Å². The van der Waals surface area contributed by atoms with Gasteiger partial charge in [0.25, 0.3) is 0 Å². The fourth-order valence-corrected chi connectivity index (χ4v) is 1.92. The fourth-order valence-electron chi connectivity index (χ4n) is 1.10. The predicted molar refractivity (Wildman–Crippen MR) is 52.8 cm³/mol. The molecule has 4 nitrogen and oxygen atoms in total. The summed E-state index contributed by atoms with van der Waals surface area (Å²) in [6.07, 6.45) is 1.60. The number of carboxylic acid groups (broad SMARTS) is 1. The minimum Gasteiger partial charge on any atom is -0.480 e. The van der Waals surface area contributed by atoms with Gasteiger partial charge in [0.1, 0.15) is 5.75 Å². The normalized spacial score (nSPS) is 10.3. The standard InChI is InChI=1S/C9H7NO3S/c11-8(12)5-13-7-1-3-10-6-2-4-14-9(6)7/h1-4H,5H2,(H,11,12). The number of ether oxygens (including phenoxy) is 1. The van der Waals surface area contributed by atoms with E-state index in [9.17, 15) is 4.79 Å². The molecule has 2 rings (SSSR count). The van der Waals surface area contributed by atoms with E-state index in [-0.39, 0.29) is 6.61 Å². The number of fused-ring (bicyclic) bond motifs is 1. The van der Waals surface area contributed by atoms with E-state index in [1.165, 1.54) is 11.3 Å². The number of rotatable bonds is 3. The second-order valence-corrected chi connectivity index (χ2v) is 3.54. The summed E-state index contributed by atoms with van der Waals surface area (Å²) in [5.41, 5.74) is 0.831. The second-order valence-electron chi connectivity index (χ2n) is 2.63. The molecule has 2 heterocycles. The van der Waals surface area contributed by atoms with Crippen molar-refractivity contribution in [2.45, 2.75) is 0 Å². The van der Waals surface area contributed by atoms with Crippen LogP contribution < -0.4 is 4.74 Å². The van der Waals surface area contributed by atoms with Crippen molar-refractivity contribution in [3.05, 3.63) is 23.7 Å². The summed E-state index contributed by atoms with van der Waals surface area (Å²) < 4.78 is 5.99. The summed E-state index contributed by atoms with van der Waals surface area (Å²) in [5, 5.41) is 10.4. The van der Waals surface area contributed by atoms with Gasteiger partial charge in [0.15, 0.2) is 6.61 Å². The van der Waals surface area contributed by atoms with Gasteiger partial charge in [-0.3, -0.25) is 4.98 Å². The lowest BCUT2D eigenvalue weighted by atomic mass is 10.4. The molecule has 2 aromatic rings. The number of thiophene rings is 1. The third-order valence-corrected chi connectivity index (χ3v) is 2.58. The SMILES string of the molecule is O=C(O)COc1ccnc2ccsc12. The van der Waals surface area contributed by atoms with Crippen LogP contribution in [-0.4, -0.2) is 22.7 Å². The average molecular weight is 209 g/mol. The monoisotopic (exact) mass is 209 g/mol. The van der Waals surface area contributed by atoms with E-state index < -0.39 is 5.97 Å². The highest BCUT2D eigenvalue weighted by Crippen LogP contribution is 2.28. The molecular weight excluding hydrogens is 202 g/mol. The van der Waals surface area contributed by atoms with E-state index in [1.54, 1.807) is 12.3 Å². The molecule has 0 amide bonds. The maximum atomic E-state index is 10.3. The largest absolute Gasteiger partial charge is 0.480 e. The molecule has 1 N–H and O–H groups in total. The minimum atomic E-state index is -0.980. The van der Waals surface area contributed by atoms with Crippen LogP contribution in [0.4, 0.5) is 0 Å². The molecule has 0 aliphatic heterocycles. The summed E-state index contributed by atoms with van der Waals surface area (Å²) in [6, 6.07) is 3.54. The van der Waals surface area contributed by atoms with E-state index in [1.807, 2.05) is 11.4 Å². The highest BCUT2D eigenvalue weighted by atomic mass is 32.1. The third-order valence-electron chi connectivity index (χ3n) is 1.66. The molecule has 0 aromatic carbocycles. The van der Waals surface area contributed by atoms with Gasteiger partial charge in [0, 0.05) is 12.3 Å². The molecule has 0 unspecified atom stereocenters. The molecule has 2 aromatic heterocycles. The van der Waals surface area contributed by atoms with Crippen LogP contribution in [0.1, 0.15) is 0 Å². The number of nitrogens with zero attached hydrogens (tertiary/aromatic N) is 1. The number of aliphatic carboxylic acids is 1. The quantitative estimate of drug-likeness (QED) is 0.836. The Hall–Kier alpha value is -1.62. The summed E-state index contributed by atoms with van der Waals surface area (Å²) in [6.45, 7) is -0.322. The van der Waals surface area contributed by atoms with Crippen molar-refractivity contribution in [2.75, 3.05) is 6.61 Å². The maximum absolute atomic E-state index is 10.3. The first kappa shape index (κ1) is 8.96. The molecule has 0 radical (unpaired) electrons. The number of carbonyl (C=O) groups is 1. The number of hydrogen-bond donors (Lipinski definition) is 1. The van der Waals surface area contributed by atoms with Gasteiger partial charge < -0.3 is 9.84 Å². The van der Waals surface area contributed by atoms with E-state index >= 15 is 0 Å². The van der Waals surface area contributed by atoms with Crippen molar-refractivity contribution in [3.8, 4) is 5.75 Å². The molecule has 0 spiro atoms. The zero-order chi connectivity index (χ0) is 9.97. The maximum Gasteiger partial charge on any atom is 0.341 e. The Balaban J connectivity index is 2.32. The Bertz CT molecular complexity index is 466. The lowest BCUT2D eigenvalue weighted by molar-refractivity contribution is -0.139. The summed E-state index contributed by atoms with van der Waals surface area (Å²) in [4.78, 5) is 14.4. The number of pyridine rings is 1. The molecule has 5 heteroatoms. The van der Waals surface area contributed by atoms with Crippen molar-refractivity contribution in [3.63, 3.8) is 0 Å². The zero-order valence-corrected chi connectivity index (χ0v) is 7.95. The van der Waals surface area contributed by atoms with Crippen molar-refractivity contribution < 1.29 is 14.6 Å². The van der Waals surface area contributed by atoms with Gasteiger partial charge in [-0.05, 0) is 11.4 Å². The van der Waals surface area contributed by atoms with Crippen molar-refractivity contribution >= 4 is 27.5 Å². The van der Waals surface area contributed by atoms with Crippen LogP contribution >= 0.6 is 11.3 Å². The Morgan fingerprint density at radius 2 is 2.43 bits per heavy atom. The first-order valence-electron chi connectivity index (χ1n) is 3.94. The molecule has 72 valence electrons. The van der Waals surface area contributed by atoms with E-state index in [4.69, 9.17) is 9.84 Å². The molecular formula is C9H7NO3S. The van der Waals surface area contributed by atoms with Crippen molar-refractivity contribution in [2.24, 2.45) is 0 Å². The zero-order valence-electron chi connectivity index (χ0n) is 7.14. The van der Waals surface area contributed by atoms with E-state index in [0.29, 0.717) is 5.75 Å². The van der Waals surface area contributed by atoms with Gasteiger partial charge in [-0.15, -0.1) is 11.3 Å². The van der Waals surface area contributed by atoms with Crippen LogP contribution in [0, 0.1) is 0 Å². The Morgan fingerprint density at radius 1 is 1.57 bits per heavy atom. The summed E-state index contributed by atoms with van der Waals surface area (Å²) in [5.74, 6) is -0.404. The smallest absolute Gasteiger partial charge is 0.341 e. The van der Waals surface area contributed by atoms with Crippen LogP contribution in [0.15, 0.2) is 23.7 Å². The molecule has 14 heavy (non-hydrogen) atoms. The highest BCUT2D eigenvalue weighted by molar-refractivity contribution is 7.17.